The number of halogens is 1. The molecule has 2 aromatic carbocycles. The van der Waals surface area contributed by atoms with Crippen LogP contribution in [0.4, 0.5) is 10.1 Å². The van der Waals surface area contributed by atoms with Gasteiger partial charge in [-0.25, -0.2) is 4.39 Å². The minimum Gasteiger partial charge on any atom is -0.496 e. The van der Waals surface area contributed by atoms with E-state index >= 15 is 0 Å². The summed E-state index contributed by atoms with van der Waals surface area (Å²) in [7, 11) is 1.57. The van der Waals surface area contributed by atoms with Gasteiger partial charge in [-0.15, -0.1) is 0 Å². The third-order valence-corrected chi connectivity index (χ3v) is 2.52. The maximum absolute atomic E-state index is 13.4. The van der Waals surface area contributed by atoms with Crippen LogP contribution in [-0.4, -0.2) is 7.11 Å². The SMILES string of the molecule is COc1ccc(N)cc1COc1ccccc1F. The number of rotatable bonds is 4. The summed E-state index contributed by atoms with van der Waals surface area (Å²) in [6.45, 7) is 0.204. The Balaban J connectivity index is 2.15. The lowest BCUT2D eigenvalue weighted by Gasteiger charge is -2.11. The zero-order valence-corrected chi connectivity index (χ0v) is 10.0. The second-order valence-corrected chi connectivity index (χ2v) is 3.79. The Hall–Kier alpha value is -2.23. The van der Waals surface area contributed by atoms with Gasteiger partial charge >= 0.3 is 0 Å². The van der Waals surface area contributed by atoms with Gasteiger partial charge < -0.3 is 15.2 Å². The predicted octanol–water partition coefficient (Wildman–Crippen LogP) is 3.00. The van der Waals surface area contributed by atoms with Gasteiger partial charge in [0, 0.05) is 11.3 Å². The topological polar surface area (TPSA) is 44.5 Å². The molecule has 0 atom stereocenters. The second kappa shape index (κ2) is 5.40. The number of methoxy groups -OCH3 is 1. The van der Waals surface area contributed by atoms with Crippen LogP contribution in [0, 0.1) is 5.82 Å². The number of ether oxygens (including phenoxy) is 2. The molecule has 4 heteroatoms. The second-order valence-electron chi connectivity index (χ2n) is 3.79. The minimum absolute atomic E-state index is 0.204. The van der Waals surface area contributed by atoms with Crippen LogP contribution in [0.3, 0.4) is 0 Å². The van der Waals surface area contributed by atoms with Crippen molar-refractivity contribution >= 4 is 5.69 Å². The molecule has 3 nitrogen and oxygen atoms in total. The highest BCUT2D eigenvalue weighted by Crippen LogP contribution is 2.24. The summed E-state index contributed by atoms with van der Waals surface area (Å²) in [5.41, 5.74) is 7.09. The van der Waals surface area contributed by atoms with Crippen LogP contribution >= 0.6 is 0 Å². The van der Waals surface area contributed by atoms with Gasteiger partial charge in [0.05, 0.1) is 7.11 Å². The molecule has 0 heterocycles. The Morgan fingerprint density at radius 1 is 1.11 bits per heavy atom. The standard InChI is InChI=1S/C14H14FNO2/c1-17-13-7-6-11(16)8-10(13)9-18-14-5-3-2-4-12(14)15/h2-8H,9,16H2,1H3. The highest BCUT2D eigenvalue weighted by atomic mass is 19.1. The van der Waals surface area contributed by atoms with E-state index in [0.29, 0.717) is 11.4 Å². The van der Waals surface area contributed by atoms with Crippen LogP contribution in [0.1, 0.15) is 5.56 Å². The molecule has 94 valence electrons. The summed E-state index contributed by atoms with van der Waals surface area (Å²) >= 11 is 0. The smallest absolute Gasteiger partial charge is 0.165 e. The van der Waals surface area contributed by atoms with Gasteiger partial charge in [0.25, 0.3) is 0 Å². The molecule has 0 aliphatic heterocycles. The number of para-hydroxylation sites is 1. The van der Waals surface area contributed by atoms with E-state index in [1.165, 1.54) is 6.07 Å². The Labute approximate surface area is 105 Å². The molecule has 0 saturated heterocycles. The van der Waals surface area contributed by atoms with Gasteiger partial charge in [0.1, 0.15) is 12.4 Å². The van der Waals surface area contributed by atoms with E-state index < -0.39 is 0 Å². The van der Waals surface area contributed by atoms with Gasteiger partial charge in [-0.3, -0.25) is 0 Å². The van der Waals surface area contributed by atoms with Crippen molar-refractivity contribution < 1.29 is 13.9 Å². The highest BCUT2D eigenvalue weighted by molar-refractivity contribution is 5.47. The maximum Gasteiger partial charge on any atom is 0.165 e. The number of hydrogen-bond acceptors (Lipinski definition) is 3. The molecule has 0 unspecified atom stereocenters. The van der Waals surface area contributed by atoms with Gasteiger partial charge in [-0.1, -0.05) is 12.1 Å². The summed E-state index contributed by atoms with van der Waals surface area (Å²) < 4.78 is 24.0. The molecule has 0 amide bonds. The van der Waals surface area contributed by atoms with Gasteiger partial charge in [0.15, 0.2) is 11.6 Å². The summed E-state index contributed by atoms with van der Waals surface area (Å²) in [5, 5.41) is 0. The van der Waals surface area contributed by atoms with Gasteiger partial charge in [-0.2, -0.15) is 0 Å². The Bertz CT molecular complexity index is 543. The molecule has 0 fully saturated rings. The molecule has 0 aromatic heterocycles. The Morgan fingerprint density at radius 2 is 1.89 bits per heavy atom. The number of nitrogens with two attached hydrogens (primary N) is 1. The maximum atomic E-state index is 13.4. The Kier molecular flexibility index (Phi) is 3.67. The van der Waals surface area contributed by atoms with E-state index in [1.807, 2.05) is 0 Å². The number of benzene rings is 2. The first-order valence-electron chi connectivity index (χ1n) is 5.50. The third-order valence-electron chi connectivity index (χ3n) is 2.52. The van der Waals surface area contributed by atoms with E-state index in [1.54, 1.807) is 43.5 Å². The molecule has 0 aliphatic rings. The fourth-order valence-corrected chi connectivity index (χ4v) is 1.63. The van der Waals surface area contributed by atoms with Gasteiger partial charge in [0.2, 0.25) is 0 Å². The number of hydrogen-bond donors (Lipinski definition) is 1. The van der Waals surface area contributed by atoms with E-state index in [4.69, 9.17) is 15.2 Å². The van der Waals surface area contributed by atoms with Gasteiger partial charge in [-0.05, 0) is 30.3 Å². The molecule has 0 saturated carbocycles. The first-order chi connectivity index (χ1) is 8.70. The van der Waals surface area contributed by atoms with Crippen molar-refractivity contribution in [3.8, 4) is 11.5 Å². The number of nitrogen functional groups attached to an aromatic ring is 1. The zero-order valence-electron chi connectivity index (χ0n) is 10.0. The first-order valence-corrected chi connectivity index (χ1v) is 5.50. The predicted molar refractivity (Wildman–Crippen MR) is 68.1 cm³/mol. The lowest BCUT2D eigenvalue weighted by molar-refractivity contribution is 0.283. The van der Waals surface area contributed by atoms with Crippen molar-refractivity contribution in [1.82, 2.24) is 0 Å². The van der Waals surface area contributed by atoms with Crippen LogP contribution in [0.5, 0.6) is 11.5 Å². The highest BCUT2D eigenvalue weighted by Gasteiger charge is 2.06. The van der Waals surface area contributed by atoms with Crippen molar-refractivity contribution in [2.75, 3.05) is 12.8 Å². The quantitative estimate of drug-likeness (QED) is 0.845. The third kappa shape index (κ3) is 2.71. The molecule has 0 spiro atoms. The molecule has 0 bridgehead atoms. The number of anilines is 1. The summed E-state index contributed by atoms with van der Waals surface area (Å²) in [5.74, 6) is 0.489. The largest absolute Gasteiger partial charge is 0.496 e. The summed E-state index contributed by atoms with van der Waals surface area (Å²) in [6, 6.07) is 11.5. The molecular weight excluding hydrogens is 233 g/mol. The normalized spacial score (nSPS) is 10.1. The monoisotopic (exact) mass is 247 g/mol. The van der Waals surface area contributed by atoms with Crippen LogP contribution in [-0.2, 0) is 6.61 Å². The lowest BCUT2D eigenvalue weighted by Crippen LogP contribution is -2.01. The molecule has 2 rings (SSSR count). The summed E-state index contributed by atoms with van der Waals surface area (Å²) in [6.07, 6.45) is 0. The molecular formula is C14H14FNO2. The molecule has 2 N–H and O–H groups in total. The van der Waals surface area contributed by atoms with Crippen LogP contribution in [0.2, 0.25) is 0 Å². The minimum atomic E-state index is -0.389. The van der Waals surface area contributed by atoms with E-state index in [2.05, 4.69) is 0 Å². The van der Waals surface area contributed by atoms with Crippen molar-refractivity contribution in [2.24, 2.45) is 0 Å². The van der Waals surface area contributed by atoms with Crippen molar-refractivity contribution in [2.45, 2.75) is 6.61 Å². The molecule has 2 aromatic rings. The Morgan fingerprint density at radius 3 is 2.61 bits per heavy atom. The average molecular weight is 247 g/mol. The van der Waals surface area contributed by atoms with E-state index in [-0.39, 0.29) is 18.2 Å². The average Bonchev–Trinajstić information content (AvgIpc) is 2.38. The van der Waals surface area contributed by atoms with Crippen molar-refractivity contribution in [3.63, 3.8) is 0 Å². The van der Waals surface area contributed by atoms with E-state index in [0.717, 1.165) is 5.56 Å². The van der Waals surface area contributed by atoms with E-state index in [9.17, 15) is 4.39 Å². The van der Waals surface area contributed by atoms with Crippen LogP contribution in [0.25, 0.3) is 0 Å². The lowest BCUT2D eigenvalue weighted by atomic mass is 10.2. The van der Waals surface area contributed by atoms with Crippen molar-refractivity contribution in [1.29, 1.82) is 0 Å². The summed E-state index contributed by atoms with van der Waals surface area (Å²) in [4.78, 5) is 0. The molecule has 0 aliphatic carbocycles. The molecule has 18 heavy (non-hydrogen) atoms. The van der Waals surface area contributed by atoms with Crippen LogP contribution in [0.15, 0.2) is 42.5 Å². The first kappa shape index (κ1) is 12.2. The fraction of sp³-hybridized carbons (Fsp3) is 0.143. The fourth-order valence-electron chi connectivity index (χ4n) is 1.63. The van der Waals surface area contributed by atoms with Crippen LogP contribution < -0.4 is 15.2 Å². The molecule has 0 radical (unpaired) electrons. The van der Waals surface area contributed by atoms with Crippen molar-refractivity contribution in [3.05, 3.63) is 53.8 Å². The zero-order chi connectivity index (χ0) is 13.0.